The van der Waals surface area contributed by atoms with Crippen molar-refractivity contribution >= 4 is 28.2 Å². The highest BCUT2D eigenvalue weighted by Crippen LogP contribution is 2.39. The van der Waals surface area contributed by atoms with Gasteiger partial charge in [0.25, 0.3) is 5.91 Å². The number of esters is 1. The molecule has 5 nitrogen and oxygen atoms in total. The molecule has 1 atom stereocenters. The molecule has 144 valence electrons. The van der Waals surface area contributed by atoms with E-state index in [1.54, 1.807) is 6.07 Å². The van der Waals surface area contributed by atoms with E-state index in [1.165, 1.54) is 27.3 Å². The standard InChI is InChI=1S/C22H22N2O3S/c1-13-5-8-17-18(11-23)21(28-19(17)9-13)24-20(25)12-27-22(26)16-7-6-14-3-2-4-15(14)10-16/h6-7,10,13H,2-5,8-9,12H2,1H3,(H,24,25)/t13-/m0/s1. The number of anilines is 1. The number of fused-ring (bicyclic) bond motifs is 2. The van der Waals surface area contributed by atoms with Crippen molar-refractivity contribution in [2.24, 2.45) is 5.92 Å². The van der Waals surface area contributed by atoms with Crippen LogP contribution in [0.2, 0.25) is 0 Å². The van der Waals surface area contributed by atoms with Gasteiger partial charge in [-0.3, -0.25) is 4.79 Å². The number of amides is 1. The molecule has 0 fully saturated rings. The van der Waals surface area contributed by atoms with Gasteiger partial charge in [0.2, 0.25) is 0 Å². The molecule has 1 aromatic heterocycles. The number of ether oxygens (including phenoxy) is 1. The van der Waals surface area contributed by atoms with Crippen LogP contribution in [-0.2, 0) is 35.2 Å². The second kappa shape index (κ2) is 7.76. The Morgan fingerprint density at radius 1 is 1.29 bits per heavy atom. The predicted octanol–water partition coefficient (Wildman–Crippen LogP) is 4.03. The van der Waals surface area contributed by atoms with Crippen molar-refractivity contribution in [3.63, 3.8) is 0 Å². The zero-order valence-electron chi connectivity index (χ0n) is 15.8. The smallest absolute Gasteiger partial charge is 0.338 e. The number of hydrogen-bond donors (Lipinski definition) is 1. The summed E-state index contributed by atoms with van der Waals surface area (Å²) >= 11 is 1.47. The number of nitrogens with zero attached hydrogens (tertiary/aromatic N) is 1. The molecule has 4 rings (SSSR count). The van der Waals surface area contributed by atoms with Gasteiger partial charge in [-0.05, 0) is 73.3 Å². The fourth-order valence-corrected chi connectivity index (χ4v) is 5.41. The molecular formula is C22H22N2O3S. The van der Waals surface area contributed by atoms with E-state index in [2.05, 4.69) is 18.3 Å². The fraction of sp³-hybridized carbons (Fsp3) is 0.409. The number of benzene rings is 1. The van der Waals surface area contributed by atoms with Crippen LogP contribution in [0.15, 0.2) is 18.2 Å². The molecule has 0 radical (unpaired) electrons. The summed E-state index contributed by atoms with van der Waals surface area (Å²) in [7, 11) is 0. The molecule has 1 N–H and O–H groups in total. The normalized spacial score (nSPS) is 17.4. The minimum Gasteiger partial charge on any atom is -0.452 e. The van der Waals surface area contributed by atoms with E-state index in [4.69, 9.17) is 4.74 Å². The van der Waals surface area contributed by atoms with Crippen molar-refractivity contribution in [3.05, 3.63) is 50.9 Å². The van der Waals surface area contributed by atoms with E-state index >= 15 is 0 Å². The Morgan fingerprint density at radius 3 is 2.93 bits per heavy atom. The molecule has 0 saturated heterocycles. The van der Waals surface area contributed by atoms with Crippen LogP contribution in [0.3, 0.4) is 0 Å². The average molecular weight is 394 g/mol. The Balaban J connectivity index is 1.39. The van der Waals surface area contributed by atoms with E-state index in [-0.39, 0.29) is 6.61 Å². The lowest BCUT2D eigenvalue weighted by molar-refractivity contribution is -0.119. The first-order chi connectivity index (χ1) is 13.5. The lowest BCUT2D eigenvalue weighted by atomic mass is 9.89. The monoisotopic (exact) mass is 394 g/mol. The Bertz CT molecular complexity index is 986. The molecule has 0 saturated carbocycles. The molecular weight excluding hydrogens is 372 g/mol. The molecule has 2 aliphatic carbocycles. The molecule has 0 bridgehead atoms. The highest BCUT2D eigenvalue weighted by molar-refractivity contribution is 7.16. The molecule has 2 aliphatic rings. The molecule has 0 spiro atoms. The number of nitrogens with one attached hydrogen (secondary N) is 1. The quantitative estimate of drug-likeness (QED) is 0.794. The third-order valence-electron chi connectivity index (χ3n) is 5.54. The zero-order chi connectivity index (χ0) is 19.7. The lowest BCUT2D eigenvalue weighted by Crippen LogP contribution is -2.21. The Labute approximate surface area is 168 Å². The molecule has 2 aromatic rings. The molecule has 6 heteroatoms. The topological polar surface area (TPSA) is 79.2 Å². The van der Waals surface area contributed by atoms with Gasteiger partial charge in [-0.2, -0.15) is 5.26 Å². The number of hydrogen-bond acceptors (Lipinski definition) is 5. The molecule has 1 heterocycles. The molecule has 28 heavy (non-hydrogen) atoms. The Morgan fingerprint density at radius 2 is 2.11 bits per heavy atom. The SMILES string of the molecule is C[C@H]1CCc2c(sc(NC(=O)COC(=O)c3ccc4c(c3)CCC4)c2C#N)C1. The van der Waals surface area contributed by atoms with Crippen LogP contribution >= 0.6 is 11.3 Å². The van der Waals surface area contributed by atoms with Gasteiger partial charge in [0, 0.05) is 4.88 Å². The van der Waals surface area contributed by atoms with E-state index in [0.717, 1.165) is 44.1 Å². The zero-order valence-corrected chi connectivity index (χ0v) is 16.7. The van der Waals surface area contributed by atoms with Crippen LogP contribution in [-0.4, -0.2) is 18.5 Å². The van der Waals surface area contributed by atoms with E-state index < -0.39 is 11.9 Å². The highest BCUT2D eigenvalue weighted by atomic mass is 32.1. The third kappa shape index (κ3) is 3.67. The van der Waals surface area contributed by atoms with Crippen LogP contribution in [0.25, 0.3) is 0 Å². The van der Waals surface area contributed by atoms with Crippen molar-refractivity contribution in [2.75, 3.05) is 11.9 Å². The lowest BCUT2D eigenvalue weighted by Gasteiger charge is -2.17. The van der Waals surface area contributed by atoms with Gasteiger partial charge in [-0.15, -0.1) is 11.3 Å². The Kier molecular flexibility index (Phi) is 5.19. The maximum Gasteiger partial charge on any atom is 0.338 e. The molecule has 1 amide bonds. The first kappa shape index (κ1) is 18.7. The molecule has 1 aromatic carbocycles. The number of carbonyl (C=O) groups is 2. The van der Waals surface area contributed by atoms with Crippen LogP contribution in [0.5, 0.6) is 0 Å². The van der Waals surface area contributed by atoms with Crippen LogP contribution in [0.4, 0.5) is 5.00 Å². The number of nitriles is 1. The van der Waals surface area contributed by atoms with Gasteiger partial charge >= 0.3 is 5.97 Å². The van der Waals surface area contributed by atoms with Crippen molar-refractivity contribution in [1.29, 1.82) is 5.26 Å². The first-order valence-corrected chi connectivity index (χ1v) is 10.5. The van der Waals surface area contributed by atoms with Crippen molar-refractivity contribution in [1.82, 2.24) is 0 Å². The Hall–Kier alpha value is -2.65. The van der Waals surface area contributed by atoms with Gasteiger partial charge in [0.15, 0.2) is 6.61 Å². The molecule has 0 aliphatic heterocycles. The average Bonchev–Trinajstić information content (AvgIpc) is 3.28. The maximum atomic E-state index is 12.3. The summed E-state index contributed by atoms with van der Waals surface area (Å²) < 4.78 is 5.19. The van der Waals surface area contributed by atoms with E-state index in [1.807, 2.05) is 12.1 Å². The fourth-order valence-electron chi connectivity index (χ4n) is 4.03. The number of aryl methyl sites for hydroxylation is 2. The second-order valence-corrected chi connectivity index (χ2v) is 8.73. The van der Waals surface area contributed by atoms with Crippen LogP contribution in [0, 0.1) is 17.2 Å². The summed E-state index contributed by atoms with van der Waals surface area (Å²) in [6, 6.07) is 7.82. The predicted molar refractivity (Wildman–Crippen MR) is 108 cm³/mol. The van der Waals surface area contributed by atoms with Crippen molar-refractivity contribution in [3.8, 4) is 6.07 Å². The molecule has 0 unspecified atom stereocenters. The van der Waals surface area contributed by atoms with Crippen molar-refractivity contribution < 1.29 is 14.3 Å². The second-order valence-electron chi connectivity index (χ2n) is 7.63. The highest BCUT2D eigenvalue weighted by Gasteiger charge is 2.25. The maximum absolute atomic E-state index is 12.3. The van der Waals surface area contributed by atoms with Gasteiger partial charge in [0.1, 0.15) is 11.1 Å². The van der Waals surface area contributed by atoms with E-state index in [0.29, 0.717) is 22.0 Å². The summed E-state index contributed by atoms with van der Waals surface area (Å²) in [6.07, 6.45) is 6.02. The largest absolute Gasteiger partial charge is 0.452 e. The van der Waals surface area contributed by atoms with Gasteiger partial charge in [-0.25, -0.2) is 4.79 Å². The third-order valence-corrected chi connectivity index (χ3v) is 6.71. The van der Waals surface area contributed by atoms with Gasteiger partial charge in [-0.1, -0.05) is 13.0 Å². The van der Waals surface area contributed by atoms with Gasteiger partial charge < -0.3 is 10.1 Å². The minimum atomic E-state index is -0.496. The summed E-state index contributed by atoms with van der Waals surface area (Å²) in [5, 5.41) is 12.8. The number of carbonyl (C=O) groups excluding carboxylic acids is 2. The first-order valence-electron chi connectivity index (χ1n) is 9.68. The minimum absolute atomic E-state index is 0.361. The summed E-state index contributed by atoms with van der Waals surface area (Å²) in [6.45, 7) is 1.84. The number of thiophene rings is 1. The van der Waals surface area contributed by atoms with Crippen LogP contribution in [0.1, 0.15) is 57.3 Å². The van der Waals surface area contributed by atoms with Crippen LogP contribution < -0.4 is 5.32 Å². The van der Waals surface area contributed by atoms with E-state index in [9.17, 15) is 14.9 Å². The van der Waals surface area contributed by atoms with Crippen molar-refractivity contribution in [2.45, 2.75) is 45.4 Å². The number of rotatable bonds is 4. The summed E-state index contributed by atoms with van der Waals surface area (Å²) in [4.78, 5) is 25.7. The van der Waals surface area contributed by atoms with Gasteiger partial charge in [0.05, 0.1) is 11.1 Å². The summed E-state index contributed by atoms with van der Waals surface area (Å²) in [5.74, 6) is -0.322. The summed E-state index contributed by atoms with van der Waals surface area (Å²) in [5.41, 5.74) is 4.58.